The summed E-state index contributed by atoms with van der Waals surface area (Å²) < 4.78 is 22.5. The molecule has 0 aromatic heterocycles. The van der Waals surface area contributed by atoms with Crippen molar-refractivity contribution in [1.29, 1.82) is 5.26 Å². The van der Waals surface area contributed by atoms with Gasteiger partial charge in [-0.05, 0) is 48.0 Å². The second-order valence-electron chi connectivity index (χ2n) is 7.11. The van der Waals surface area contributed by atoms with E-state index in [4.69, 9.17) is 24.7 Å². The van der Waals surface area contributed by atoms with Crippen LogP contribution in [0.5, 0.6) is 23.0 Å². The van der Waals surface area contributed by atoms with E-state index in [0.717, 1.165) is 15.6 Å². The Labute approximate surface area is 199 Å². The summed E-state index contributed by atoms with van der Waals surface area (Å²) in [5.41, 5.74) is 7.99. The van der Waals surface area contributed by atoms with E-state index in [-0.39, 0.29) is 18.2 Å². The van der Waals surface area contributed by atoms with Gasteiger partial charge in [-0.25, -0.2) is 4.79 Å². The van der Waals surface area contributed by atoms with Crippen LogP contribution in [0.15, 0.2) is 82.7 Å². The van der Waals surface area contributed by atoms with E-state index in [9.17, 15) is 10.1 Å². The highest BCUT2D eigenvalue weighted by molar-refractivity contribution is 9.10. The Kier molecular flexibility index (Phi) is 6.52. The van der Waals surface area contributed by atoms with Gasteiger partial charge in [-0.3, -0.25) is 0 Å². The lowest BCUT2D eigenvalue weighted by Gasteiger charge is -2.26. The standard InChI is InChI=1S/C25H19BrN2O5/c1-30-17-6-8-18(9-7-17)31-14-23(29)32-19-10-11-20-22(12-19)33-25(28)21(13-27)24(20)15-2-4-16(26)5-3-15/h2-12,24H,14,28H2,1H3. The van der Waals surface area contributed by atoms with Crippen LogP contribution in [0, 0.1) is 11.3 Å². The SMILES string of the molecule is COc1ccc(OCC(=O)Oc2ccc3c(c2)OC(N)=C(C#N)C3c2ccc(Br)cc2)cc1. The lowest BCUT2D eigenvalue weighted by molar-refractivity contribution is -0.136. The second-order valence-corrected chi connectivity index (χ2v) is 8.03. The van der Waals surface area contributed by atoms with Crippen LogP contribution in [0.4, 0.5) is 0 Å². The van der Waals surface area contributed by atoms with Gasteiger partial charge in [-0.15, -0.1) is 0 Å². The van der Waals surface area contributed by atoms with Crippen molar-refractivity contribution in [2.75, 3.05) is 13.7 Å². The molecule has 8 heteroatoms. The van der Waals surface area contributed by atoms with Crippen molar-refractivity contribution in [2.24, 2.45) is 5.73 Å². The number of esters is 1. The molecule has 7 nitrogen and oxygen atoms in total. The van der Waals surface area contributed by atoms with E-state index in [1.165, 1.54) is 0 Å². The van der Waals surface area contributed by atoms with E-state index in [1.54, 1.807) is 49.6 Å². The Hall–Kier alpha value is -3.96. The van der Waals surface area contributed by atoms with E-state index >= 15 is 0 Å². The van der Waals surface area contributed by atoms with Crippen LogP contribution in [-0.4, -0.2) is 19.7 Å². The molecule has 1 aliphatic rings. The minimum atomic E-state index is -0.577. The zero-order chi connectivity index (χ0) is 23.4. The van der Waals surface area contributed by atoms with Crippen molar-refractivity contribution < 1.29 is 23.7 Å². The maximum absolute atomic E-state index is 12.3. The average molecular weight is 507 g/mol. The van der Waals surface area contributed by atoms with E-state index < -0.39 is 11.9 Å². The van der Waals surface area contributed by atoms with Gasteiger partial charge in [-0.1, -0.05) is 34.1 Å². The molecule has 2 N–H and O–H groups in total. The fraction of sp³-hybridized carbons (Fsp3) is 0.120. The first-order valence-corrected chi connectivity index (χ1v) is 10.7. The number of hydrogen-bond acceptors (Lipinski definition) is 7. The van der Waals surface area contributed by atoms with Gasteiger partial charge in [-0.2, -0.15) is 5.26 Å². The summed E-state index contributed by atoms with van der Waals surface area (Å²) in [5, 5.41) is 9.66. The molecule has 1 aliphatic heterocycles. The molecule has 0 bridgehead atoms. The van der Waals surface area contributed by atoms with E-state index in [2.05, 4.69) is 22.0 Å². The number of benzene rings is 3. The molecule has 3 aromatic carbocycles. The zero-order valence-corrected chi connectivity index (χ0v) is 19.2. The summed E-state index contributed by atoms with van der Waals surface area (Å²) >= 11 is 3.42. The Bertz CT molecular complexity index is 1250. The molecule has 0 fully saturated rings. The number of hydrogen-bond donors (Lipinski definition) is 1. The first-order chi connectivity index (χ1) is 16.0. The number of rotatable bonds is 6. The summed E-state index contributed by atoms with van der Waals surface area (Å²) in [5.74, 6) is 0.946. The summed E-state index contributed by atoms with van der Waals surface area (Å²) in [6.45, 7) is -0.271. The Morgan fingerprint density at radius 3 is 2.39 bits per heavy atom. The van der Waals surface area contributed by atoms with Crippen molar-refractivity contribution in [3.05, 3.63) is 93.8 Å². The molecule has 1 unspecified atom stereocenters. The van der Waals surface area contributed by atoms with Crippen molar-refractivity contribution in [1.82, 2.24) is 0 Å². The molecule has 0 radical (unpaired) electrons. The van der Waals surface area contributed by atoms with Crippen molar-refractivity contribution in [3.8, 4) is 29.1 Å². The molecular weight excluding hydrogens is 488 g/mol. The third-order valence-electron chi connectivity index (χ3n) is 5.04. The fourth-order valence-electron chi connectivity index (χ4n) is 3.47. The summed E-state index contributed by atoms with van der Waals surface area (Å²) in [6, 6.07) is 21.6. The van der Waals surface area contributed by atoms with Crippen LogP contribution in [-0.2, 0) is 4.79 Å². The van der Waals surface area contributed by atoms with Crippen LogP contribution in [0.1, 0.15) is 17.0 Å². The number of nitrogens with two attached hydrogens (primary N) is 1. The highest BCUT2D eigenvalue weighted by Gasteiger charge is 2.31. The van der Waals surface area contributed by atoms with Gasteiger partial charge >= 0.3 is 5.97 Å². The second kappa shape index (κ2) is 9.67. The molecule has 1 heterocycles. The quantitative estimate of drug-likeness (QED) is 0.382. The summed E-state index contributed by atoms with van der Waals surface area (Å²) in [7, 11) is 1.57. The molecule has 4 rings (SSSR count). The van der Waals surface area contributed by atoms with Gasteiger partial charge in [0, 0.05) is 16.1 Å². The third-order valence-corrected chi connectivity index (χ3v) is 5.57. The lowest BCUT2D eigenvalue weighted by atomic mass is 9.83. The number of methoxy groups -OCH3 is 1. The highest BCUT2D eigenvalue weighted by Crippen LogP contribution is 2.43. The van der Waals surface area contributed by atoms with Crippen LogP contribution < -0.4 is 24.7 Å². The lowest BCUT2D eigenvalue weighted by Crippen LogP contribution is -2.21. The number of carbonyl (C=O) groups excluding carboxylic acids is 1. The number of allylic oxidation sites excluding steroid dienone is 1. The zero-order valence-electron chi connectivity index (χ0n) is 17.6. The maximum Gasteiger partial charge on any atom is 0.349 e. The van der Waals surface area contributed by atoms with Crippen LogP contribution >= 0.6 is 15.9 Å². The van der Waals surface area contributed by atoms with E-state index in [0.29, 0.717) is 22.8 Å². The van der Waals surface area contributed by atoms with Crippen LogP contribution in [0.3, 0.4) is 0 Å². The van der Waals surface area contributed by atoms with Crippen molar-refractivity contribution in [2.45, 2.75) is 5.92 Å². The predicted molar refractivity (Wildman–Crippen MR) is 124 cm³/mol. The van der Waals surface area contributed by atoms with Gasteiger partial charge in [0.2, 0.25) is 5.88 Å². The number of nitriles is 1. The number of fused-ring (bicyclic) bond motifs is 1. The van der Waals surface area contributed by atoms with Gasteiger partial charge in [0.05, 0.1) is 13.0 Å². The first-order valence-electron chi connectivity index (χ1n) is 9.93. The molecule has 0 spiro atoms. The van der Waals surface area contributed by atoms with Gasteiger partial charge in [0.15, 0.2) is 6.61 Å². The fourth-order valence-corrected chi connectivity index (χ4v) is 3.74. The Balaban J connectivity index is 1.51. The molecular formula is C25H19BrN2O5. The smallest absolute Gasteiger partial charge is 0.349 e. The molecule has 1 atom stereocenters. The van der Waals surface area contributed by atoms with E-state index in [1.807, 2.05) is 24.3 Å². The van der Waals surface area contributed by atoms with Crippen LogP contribution in [0.25, 0.3) is 0 Å². The number of halogens is 1. The van der Waals surface area contributed by atoms with Gasteiger partial charge < -0.3 is 24.7 Å². The number of nitrogens with zero attached hydrogens (tertiary/aromatic N) is 1. The van der Waals surface area contributed by atoms with Crippen molar-refractivity contribution in [3.63, 3.8) is 0 Å². The Morgan fingerprint density at radius 1 is 1.06 bits per heavy atom. The molecule has 0 amide bonds. The molecule has 166 valence electrons. The third kappa shape index (κ3) is 4.94. The number of carbonyl (C=O) groups is 1. The summed E-state index contributed by atoms with van der Waals surface area (Å²) in [4.78, 5) is 12.3. The van der Waals surface area contributed by atoms with Crippen molar-refractivity contribution >= 4 is 21.9 Å². The molecule has 0 saturated heterocycles. The monoisotopic (exact) mass is 506 g/mol. The minimum absolute atomic E-state index is 0.0178. The van der Waals surface area contributed by atoms with Gasteiger partial charge in [0.25, 0.3) is 0 Å². The largest absolute Gasteiger partial charge is 0.497 e. The minimum Gasteiger partial charge on any atom is -0.497 e. The normalized spacial score (nSPS) is 14.5. The Morgan fingerprint density at radius 2 is 1.73 bits per heavy atom. The molecule has 0 saturated carbocycles. The molecule has 0 aliphatic carbocycles. The number of ether oxygens (including phenoxy) is 4. The average Bonchev–Trinajstić information content (AvgIpc) is 2.82. The topological polar surface area (TPSA) is 104 Å². The first kappa shape index (κ1) is 22.2. The maximum atomic E-state index is 12.3. The molecule has 3 aromatic rings. The summed E-state index contributed by atoms with van der Waals surface area (Å²) in [6.07, 6.45) is 0. The predicted octanol–water partition coefficient (Wildman–Crippen LogP) is 4.66. The highest BCUT2D eigenvalue weighted by atomic mass is 79.9. The molecule has 33 heavy (non-hydrogen) atoms. The van der Waals surface area contributed by atoms with Gasteiger partial charge in [0.1, 0.15) is 34.6 Å². The van der Waals surface area contributed by atoms with Crippen LogP contribution in [0.2, 0.25) is 0 Å².